The number of rotatable bonds is 17. The number of hydrogen-bond donors (Lipinski definition) is 3. The Balaban J connectivity index is 2.62. The van der Waals surface area contributed by atoms with E-state index in [2.05, 4.69) is 23.8 Å². The highest BCUT2D eigenvalue weighted by molar-refractivity contribution is 5.86. The zero-order valence-corrected chi connectivity index (χ0v) is 20.5. The highest BCUT2D eigenvalue weighted by atomic mass is 16.5. The molecule has 0 fully saturated rings. The Labute approximate surface area is 203 Å². The second kappa shape index (κ2) is 16.6. The lowest BCUT2D eigenvalue weighted by molar-refractivity contribution is -0.150. The minimum absolute atomic E-state index is 0.0167. The number of hydrogen-bond acceptors (Lipinski definition) is 5. The molecule has 0 aliphatic rings. The molecule has 0 aliphatic carbocycles. The normalized spacial score (nSPS) is 14.2. The Kier molecular flexibility index (Phi) is 14.2. The fraction of sp³-hybridized carbons (Fsp3) is 0.519. The van der Waals surface area contributed by atoms with Crippen LogP contribution in [0.3, 0.4) is 0 Å². The topological polar surface area (TPSA) is 105 Å². The molecule has 7 nitrogen and oxygen atoms in total. The highest BCUT2D eigenvalue weighted by Gasteiger charge is 2.24. The number of amides is 2. The first-order valence-corrected chi connectivity index (χ1v) is 11.9. The molecule has 2 amide bonds. The van der Waals surface area contributed by atoms with Gasteiger partial charge in [0.2, 0.25) is 11.8 Å². The summed E-state index contributed by atoms with van der Waals surface area (Å²) in [6, 6.07) is 9.03. The maximum atomic E-state index is 12.8. The van der Waals surface area contributed by atoms with Gasteiger partial charge in [-0.05, 0) is 51.5 Å². The lowest BCUT2D eigenvalue weighted by atomic mass is 9.94. The van der Waals surface area contributed by atoms with Crippen molar-refractivity contribution < 1.29 is 24.2 Å². The minimum Gasteiger partial charge on any atom is -0.463 e. The van der Waals surface area contributed by atoms with E-state index in [9.17, 15) is 14.4 Å². The predicted molar refractivity (Wildman–Crippen MR) is 134 cm³/mol. The van der Waals surface area contributed by atoms with Crippen molar-refractivity contribution in [2.45, 2.75) is 64.5 Å². The Bertz CT molecular complexity index is 780. The molecule has 7 heteroatoms. The number of carbonyl (C=O) groups excluding carboxylic acids is 3. The first-order chi connectivity index (χ1) is 16.3. The minimum atomic E-state index is -0.591. The Hall–Kier alpha value is -2.93. The van der Waals surface area contributed by atoms with Crippen LogP contribution in [0.15, 0.2) is 55.6 Å². The largest absolute Gasteiger partial charge is 0.463 e. The van der Waals surface area contributed by atoms with E-state index in [0.717, 1.165) is 18.4 Å². The summed E-state index contributed by atoms with van der Waals surface area (Å²) in [5, 5.41) is 14.5. The summed E-state index contributed by atoms with van der Waals surface area (Å²) in [5.41, 5.74) is 1.07. The van der Waals surface area contributed by atoms with Gasteiger partial charge in [0.25, 0.3) is 0 Å². The summed E-state index contributed by atoms with van der Waals surface area (Å²) < 4.78 is 5.55. The third kappa shape index (κ3) is 11.8. The van der Waals surface area contributed by atoms with Gasteiger partial charge in [-0.15, -0.1) is 13.2 Å². The van der Waals surface area contributed by atoms with Crippen LogP contribution in [0.25, 0.3) is 0 Å². The van der Waals surface area contributed by atoms with Crippen LogP contribution in [-0.2, 0) is 25.5 Å². The Morgan fingerprint density at radius 2 is 1.74 bits per heavy atom. The molecule has 0 spiro atoms. The SMILES string of the molecule is C=CCCC[C@H](Cc1ccccc1)C(=O)OC[C@H](C)NC(=O)[C@@H](CC=C)CC(=O)N[C@@H](C)CO. The maximum absolute atomic E-state index is 12.8. The zero-order chi connectivity index (χ0) is 25.3. The molecule has 1 rings (SSSR count). The fourth-order valence-corrected chi connectivity index (χ4v) is 3.53. The predicted octanol–water partition coefficient (Wildman–Crippen LogP) is 3.33. The summed E-state index contributed by atoms with van der Waals surface area (Å²) in [5.74, 6) is -1.76. The summed E-state index contributed by atoms with van der Waals surface area (Å²) >= 11 is 0. The fourth-order valence-electron chi connectivity index (χ4n) is 3.53. The number of allylic oxidation sites excluding steroid dienone is 2. The van der Waals surface area contributed by atoms with Gasteiger partial charge in [-0.3, -0.25) is 14.4 Å². The van der Waals surface area contributed by atoms with Crippen molar-refractivity contribution in [3.63, 3.8) is 0 Å². The lowest BCUT2D eigenvalue weighted by Gasteiger charge is -2.21. The van der Waals surface area contributed by atoms with Crippen molar-refractivity contribution in [2.75, 3.05) is 13.2 Å². The highest BCUT2D eigenvalue weighted by Crippen LogP contribution is 2.18. The molecule has 1 aromatic carbocycles. The Morgan fingerprint density at radius 3 is 2.35 bits per heavy atom. The van der Waals surface area contributed by atoms with Crippen molar-refractivity contribution in [2.24, 2.45) is 11.8 Å². The van der Waals surface area contributed by atoms with Gasteiger partial charge in [0.05, 0.1) is 24.5 Å². The van der Waals surface area contributed by atoms with Crippen LogP contribution < -0.4 is 10.6 Å². The number of benzene rings is 1. The van der Waals surface area contributed by atoms with Crippen molar-refractivity contribution in [1.82, 2.24) is 10.6 Å². The van der Waals surface area contributed by atoms with Crippen LogP contribution in [-0.4, -0.2) is 48.2 Å². The molecular weight excluding hydrogens is 432 g/mol. The molecule has 1 aromatic rings. The van der Waals surface area contributed by atoms with Crippen LogP contribution >= 0.6 is 0 Å². The number of unbranched alkanes of at least 4 members (excludes halogenated alkanes) is 1. The van der Waals surface area contributed by atoms with E-state index in [1.54, 1.807) is 19.9 Å². The third-order valence-electron chi connectivity index (χ3n) is 5.42. The maximum Gasteiger partial charge on any atom is 0.309 e. The second-order valence-electron chi connectivity index (χ2n) is 8.72. The van der Waals surface area contributed by atoms with Gasteiger partial charge in [-0.1, -0.05) is 42.5 Å². The van der Waals surface area contributed by atoms with E-state index < -0.39 is 12.0 Å². The number of aliphatic hydroxyl groups is 1. The summed E-state index contributed by atoms with van der Waals surface area (Å²) in [4.78, 5) is 37.6. The monoisotopic (exact) mass is 472 g/mol. The molecule has 0 aromatic heterocycles. The van der Waals surface area contributed by atoms with Gasteiger partial charge >= 0.3 is 5.97 Å². The van der Waals surface area contributed by atoms with Crippen LogP contribution in [0.5, 0.6) is 0 Å². The van der Waals surface area contributed by atoms with E-state index >= 15 is 0 Å². The first kappa shape index (κ1) is 29.1. The number of esters is 1. The van der Waals surface area contributed by atoms with Crippen molar-refractivity contribution >= 4 is 17.8 Å². The standard InChI is InChI=1S/C27H40N2O5/c1-5-7-9-15-24(16-22-13-10-8-11-14-22)27(33)34-19-21(4)29-26(32)23(12-6-2)17-25(31)28-20(3)18-30/h5-6,8,10-11,13-14,20-21,23-24,30H,1-2,7,9,12,15-19H2,3-4H3,(H,28,31)(H,29,32)/t20-,21-,23-,24+/m0/s1. The quantitative estimate of drug-likeness (QED) is 0.183. The van der Waals surface area contributed by atoms with E-state index in [0.29, 0.717) is 19.3 Å². The van der Waals surface area contributed by atoms with Crippen molar-refractivity contribution in [1.29, 1.82) is 0 Å². The second-order valence-corrected chi connectivity index (χ2v) is 8.72. The number of aliphatic hydroxyl groups excluding tert-OH is 1. The van der Waals surface area contributed by atoms with Gasteiger partial charge in [-0.2, -0.15) is 0 Å². The Morgan fingerprint density at radius 1 is 1.03 bits per heavy atom. The number of nitrogens with one attached hydrogen (secondary N) is 2. The van der Waals surface area contributed by atoms with Crippen molar-refractivity contribution in [3.05, 3.63) is 61.2 Å². The molecule has 0 saturated heterocycles. The first-order valence-electron chi connectivity index (χ1n) is 11.9. The summed E-state index contributed by atoms with van der Waals surface area (Å²) in [6.45, 7) is 10.7. The van der Waals surface area contributed by atoms with Gasteiger partial charge in [-0.25, -0.2) is 0 Å². The van der Waals surface area contributed by atoms with Gasteiger partial charge < -0.3 is 20.5 Å². The molecule has 4 atom stereocenters. The molecule has 0 saturated carbocycles. The van der Waals surface area contributed by atoms with Crippen LogP contribution in [0.1, 0.15) is 51.5 Å². The summed E-state index contributed by atoms with van der Waals surface area (Å²) in [6.07, 6.45) is 6.73. The zero-order valence-electron chi connectivity index (χ0n) is 20.5. The molecule has 3 N–H and O–H groups in total. The number of carbonyl (C=O) groups is 3. The van der Waals surface area contributed by atoms with Crippen LogP contribution in [0.2, 0.25) is 0 Å². The molecule has 0 aliphatic heterocycles. The lowest BCUT2D eigenvalue weighted by Crippen LogP contribution is -2.43. The molecule has 0 heterocycles. The van der Waals surface area contributed by atoms with Gasteiger partial charge in [0.1, 0.15) is 6.61 Å². The van der Waals surface area contributed by atoms with E-state index in [4.69, 9.17) is 9.84 Å². The van der Waals surface area contributed by atoms with Crippen LogP contribution in [0, 0.1) is 11.8 Å². The van der Waals surface area contributed by atoms with E-state index in [1.807, 2.05) is 36.4 Å². The van der Waals surface area contributed by atoms with Gasteiger partial charge in [0, 0.05) is 12.5 Å². The summed E-state index contributed by atoms with van der Waals surface area (Å²) in [7, 11) is 0. The van der Waals surface area contributed by atoms with Gasteiger partial charge in [0.15, 0.2) is 0 Å². The molecular formula is C27H40N2O5. The molecule has 0 bridgehead atoms. The average molecular weight is 473 g/mol. The van der Waals surface area contributed by atoms with Crippen LogP contribution in [0.4, 0.5) is 0 Å². The average Bonchev–Trinajstić information content (AvgIpc) is 2.82. The molecule has 34 heavy (non-hydrogen) atoms. The molecule has 188 valence electrons. The molecule has 0 radical (unpaired) electrons. The molecule has 0 unspecified atom stereocenters. The number of ether oxygens (including phenoxy) is 1. The third-order valence-corrected chi connectivity index (χ3v) is 5.42. The van der Waals surface area contributed by atoms with E-state index in [1.165, 1.54) is 0 Å². The van der Waals surface area contributed by atoms with E-state index in [-0.39, 0.29) is 49.4 Å². The van der Waals surface area contributed by atoms with Crippen molar-refractivity contribution in [3.8, 4) is 0 Å². The smallest absolute Gasteiger partial charge is 0.309 e.